The van der Waals surface area contributed by atoms with Crippen LogP contribution >= 0.6 is 0 Å². The molecule has 1 amide bonds. The largest absolute Gasteiger partial charge is 0.341 e. The van der Waals surface area contributed by atoms with Crippen LogP contribution in [0.3, 0.4) is 0 Å². The third-order valence-corrected chi connectivity index (χ3v) is 3.22. The van der Waals surface area contributed by atoms with Gasteiger partial charge < -0.3 is 4.90 Å². The van der Waals surface area contributed by atoms with Crippen LogP contribution in [0.2, 0.25) is 0 Å². The Kier molecular flexibility index (Phi) is 2.95. The van der Waals surface area contributed by atoms with Crippen molar-refractivity contribution in [3.63, 3.8) is 0 Å². The van der Waals surface area contributed by atoms with E-state index in [1.165, 1.54) is 30.7 Å². The standard InChI is InChI=1S/C13H16FNO/c1-9-7-11(9)8-15(2)13(16)10-3-5-12(14)6-4-10/h3-6,9,11H,7-8H2,1-2H3. The van der Waals surface area contributed by atoms with Crippen molar-refractivity contribution in [2.24, 2.45) is 11.8 Å². The van der Waals surface area contributed by atoms with Crippen molar-refractivity contribution >= 4 is 5.91 Å². The van der Waals surface area contributed by atoms with Crippen molar-refractivity contribution < 1.29 is 9.18 Å². The molecule has 1 aromatic rings. The van der Waals surface area contributed by atoms with Crippen LogP contribution in [-0.2, 0) is 0 Å². The molecule has 2 nitrogen and oxygen atoms in total. The Hall–Kier alpha value is -1.38. The summed E-state index contributed by atoms with van der Waals surface area (Å²) >= 11 is 0. The molecule has 0 saturated heterocycles. The van der Waals surface area contributed by atoms with Gasteiger partial charge in [-0.05, 0) is 42.5 Å². The van der Waals surface area contributed by atoms with E-state index in [-0.39, 0.29) is 11.7 Å². The van der Waals surface area contributed by atoms with E-state index in [1.54, 1.807) is 11.9 Å². The molecule has 0 heterocycles. The van der Waals surface area contributed by atoms with Gasteiger partial charge in [-0.2, -0.15) is 0 Å². The van der Waals surface area contributed by atoms with E-state index < -0.39 is 0 Å². The van der Waals surface area contributed by atoms with Gasteiger partial charge in [0.25, 0.3) is 5.91 Å². The summed E-state index contributed by atoms with van der Waals surface area (Å²) in [5, 5.41) is 0. The van der Waals surface area contributed by atoms with Crippen LogP contribution in [0.25, 0.3) is 0 Å². The summed E-state index contributed by atoms with van der Waals surface area (Å²) in [4.78, 5) is 13.7. The topological polar surface area (TPSA) is 20.3 Å². The van der Waals surface area contributed by atoms with Crippen molar-refractivity contribution in [3.05, 3.63) is 35.6 Å². The molecule has 2 unspecified atom stereocenters. The predicted molar refractivity (Wildman–Crippen MR) is 60.6 cm³/mol. The summed E-state index contributed by atoms with van der Waals surface area (Å²) in [5.74, 6) is 1.05. The molecule has 1 aromatic carbocycles. The maximum absolute atomic E-state index is 12.7. The smallest absolute Gasteiger partial charge is 0.253 e. The molecule has 0 N–H and O–H groups in total. The molecule has 0 aliphatic heterocycles. The first-order chi connectivity index (χ1) is 7.58. The van der Waals surface area contributed by atoms with E-state index in [4.69, 9.17) is 0 Å². The Morgan fingerprint density at radius 1 is 1.44 bits per heavy atom. The van der Waals surface area contributed by atoms with Crippen molar-refractivity contribution in [3.8, 4) is 0 Å². The maximum atomic E-state index is 12.7. The Balaban J connectivity index is 1.98. The number of amides is 1. The minimum Gasteiger partial charge on any atom is -0.341 e. The number of rotatable bonds is 3. The number of benzene rings is 1. The fourth-order valence-corrected chi connectivity index (χ4v) is 1.90. The average molecular weight is 221 g/mol. The second-order valence-corrected chi connectivity index (χ2v) is 4.67. The molecule has 1 aliphatic rings. The fourth-order valence-electron chi connectivity index (χ4n) is 1.90. The van der Waals surface area contributed by atoms with Gasteiger partial charge >= 0.3 is 0 Å². The molecule has 16 heavy (non-hydrogen) atoms. The highest BCUT2D eigenvalue weighted by molar-refractivity contribution is 5.94. The molecular formula is C13H16FNO. The lowest BCUT2D eigenvalue weighted by molar-refractivity contribution is 0.0787. The lowest BCUT2D eigenvalue weighted by Crippen LogP contribution is -2.29. The highest BCUT2D eigenvalue weighted by Gasteiger charge is 2.34. The van der Waals surface area contributed by atoms with Crippen molar-refractivity contribution in [2.45, 2.75) is 13.3 Å². The number of hydrogen-bond acceptors (Lipinski definition) is 1. The van der Waals surface area contributed by atoms with E-state index in [0.29, 0.717) is 11.5 Å². The first-order valence-electron chi connectivity index (χ1n) is 5.59. The minimum atomic E-state index is -0.310. The monoisotopic (exact) mass is 221 g/mol. The van der Waals surface area contributed by atoms with E-state index in [1.807, 2.05) is 0 Å². The molecule has 86 valence electrons. The number of carbonyl (C=O) groups excluding carboxylic acids is 1. The average Bonchev–Trinajstić information content (AvgIpc) is 2.94. The molecule has 1 saturated carbocycles. The molecule has 0 bridgehead atoms. The third-order valence-electron chi connectivity index (χ3n) is 3.22. The highest BCUT2D eigenvalue weighted by atomic mass is 19.1. The summed E-state index contributed by atoms with van der Waals surface area (Å²) in [6, 6.07) is 5.70. The van der Waals surface area contributed by atoms with Gasteiger partial charge in [0.1, 0.15) is 5.82 Å². The Morgan fingerprint density at radius 3 is 2.50 bits per heavy atom. The minimum absolute atomic E-state index is 0.0286. The van der Waals surface area contributed by atoms with Crippen LogP contribution in [0.5, 0.6) is 0 Å². The Bertz CT molecular complexity index is 387. The van der Waals surface area contributed by atoms with Crippen LogP contribution in [0, 0.1) is 17.7 Å². The molecular weight excluding hydrogens is 205 g/mol. The molecule has 0 aromatic heterocycles. The molecule has 1 aliphatic carbocycles. The van der Waals surface area contributed by atoms with Crippen molar-refractivity contribution in [2.75, 3.05) is 13.6 Å². The quantitative estimate of drug-likeness (QED) is 0.768. The molecule has 2 rings (SSSR count). The lowest BCUT2D eigenvalue weighted by Gasteiger charge is -2.16. The second kappa shape index (κ2) is 4.24. The zero-order chi connectivity index (χ0) is 11.7. The van der Waals surface area contributed by atoms with Crippen LogP contribution in [-0.4, -0.2) is 24.4 Å². The first kappa shape index (κ1) is 11.1. The number of halogens is 1. The normalized spacial score (nSPS) is 22.9. The SMILES string of the molecule is CC1CC1CN(C)C(=O)c1ccc(F)cc1. The van der Waals surface area contributed by atoms with E-state index >= 15 is 0 Å². The van der Waals surface area contributed by atoms with Gasteiger partial charge in [0, 0.05) is 19.2 Å². The molecule has 0 spiro atoms. The summed E-state index contributed by atoms with van der Waals surface area (Å²) in [6.07, 6.45) is 1.21. The van der Waals surface area contributed by atoms with Gasteiger partial charge in [-0.3, -0.25) is 4.79 Å². The zero-order valence-electron chi connectivity index (χ0n) is 9.61. The van der Waals surface area contributed by atoms with Crippen LogP contribution in [0.4, 0.5) is 4.39 Å². The van der Waals surface area contributed by atoms with Gasteiger partial charge in [-0.25, -0.2) is 4.39 Å². The predicted octanol–water partition coefficient (Wildman–Crippen LogP) is 2.55. The van der Waals surface area contributed by atoms with Gasteiger partial charge in [-0.1, -0.05) is 6.92 Å². The summed E-state index contributed by atoms with van der Waals surface area (Å²) < 4.78 is 12.7. The van der Waals surface area contributed by atoms with E-state index in [9.17, 15) is 9.18 Å². The van der Waals surface area contributed by atoms with Crippen molar-refractivity contribution in [1.29, 1.82) is 0 Å². The Labute approximate surface area is 95.1 Å². The van der Waals surface area contributed by atoms with Crippen LogP contribution in [0.15, 0.2) is 24.3 Å². The van der Waals surface area contributed by atoms with E-state index in [0.717, 1.165) is 12.5 Å². The van der Waals surface area contributed by atoms with Gasteiger partial charge in [-0.15, -0.1) is 0 Å². The summed E-state index contributed by atoms with van der Waals surface area (Å²) in [5.41, 5.74) is 0.553. The number of carbonyl (C=O) groups is 1. The van der Waals surface area contributed by atoms with Crippen molar-refractivity contribution in [1.82, 2.24) is 4.90 Å². The highest BCUT2D eigenvalue weighted by Crippen LogP contribution is 2.38. The maximum Gasteiger partial charge on any atom is 0.253 e. The fraction of sp³-hybridized carbons (Fsp3) is 0.462. The lowest BCUT2D eigenvalue weighted by atomic mass is 10.2. The first-order valence-corrected chi connectivity index (χ1v) is 5.59. The number of hydrogen-bond donors (Lipinski definition) is 0. The van der Waals surface area contributed by atoms with E-state index in [2.05, 4.69) is 6.92 Å². The summed E-state index contributed by atoms with van der Waals surface area (Å²) in [7, 11) is 1.80. The van der Waals surface area contributed by atoms with Gasteiger partial charge in [0.05, 0.1) is 0 Å². The van der Waals surface area contributed by atoms with Crippen LogP contribution in [0.1, 0.15) is 23.7 Å². The Morgan fingerprint density at radius 2 is 2.00 bits per heavy atom. The summed E-state index contributed by atoms with van der Waals surface area (Å²) in [6.45, 7) is 3.00. The zero-order valence-corrected chi connectivity index (χ0v) is 9.61. The number of nitrogens with zero attached hydrogens (tertiary/aromatic N) is 1. The molecule has 0 radical (unpaired) electrons. The van der Waals surface area contributed by atoms with Gasteiger partial charge in [0.15, 0.2) is 0 Å². The molecule has 3 heteroatoms. The molecule has 1 fully saturated rings. The molecule has 2 atom stereocenters. The second-order valence-electron chi connectivity index (χ2n) is 4.67. The van der Waals surface area contributed by atoms with Crippen LogP contribution < -0.4 is 0 Å². The third kappa shape index (κ3) is 2.40. The van der Waals surface area contributed by atoms with Gasteiger partial charge in [0.2, 0.25) is 0 Å².